The number of amides is 1. The van der Waals surface area contributed by atoms with Crippen molar-refractivity contribution in [2.75, 3.05) is 18.2 Å². The highest BCUT2D eigenvalue weighted by Crippen LogP contribution is 2.35. The van der Waals surface area contributed by atoms with Crippen molar-refractivity contribution in [3.05, 3.63) is 59.3 Å². The second kappa shape index (κ2) is 9.26. The molecule has 3 rings (SSSR count). The molecule has 2 aromatic carbocycles. The summed E-state index contributed by atoms with van der Waals surface area (Å²) in [7, 11) is -2.73. The Morgan fingerprint density at radius 1 is 1.15 bits per heavy atom. The van der Waals surface area contributed by atoms with Crippen molar-refractivity contribution >= 4 is 21.4 Å². The predicted molar refractivity (Wildman–Crippen MR) is 115 cm³/mol. The molecule has 176 valence electrons. The number of nitrogens with zero attached hydrogens (tertiary/aromatic N) is 1. The molecule has 0 bridgehead atoms. The van der Waals surface area contributed by atoms with E-state index < -0.39 is 45.3 Å². The third-order valence-corrected chi connectivity index (χ3v) is 6.75. The Morgan fingerprint density at radius 3 is 2.45 bits per heavy atom. The van der Waals surface area contributed by atoms with Crippen LogP contribution in [-0.4, -0.2) is 32.3 Å². The molecule has 0 fully saturated rings. The summed E-state index contributed by atoms with van der Waals surface area (Å²) in [6.07, 6.45) is -5.22. The summed E-state index contributed by atoms with van der Waals surface area (Å²) in [5.74, 6) is -1.04. The molecule has 0 saturated carbocycles. The van der Waals surface area contributed by atoms with Crippen LogP contribution in [0.25, 0.3) is 11.3 Å². The summed E-state index contributed by atoms with van der Waals surface area (Å²) in [5, 5.41) is 6.00. The number of alkyl halides is 3. The first-order chi connectivity index (χ1) is 15.4. The first-order valence-corrected chi connectivity index (χ1v) is 11.4. The van der Waals surface area contributed by atoms with E-state index in [1.54, 1.807) is 19.9 Å². The highest BCUT2D eigenvalue weighted by atomic mass is 32.2. The molecule has 0 aliphatic heterocycles. The number of aromatic nitrogens is 1. The standard InChI is InChI=1S/C22H21F3N2O5S/c1-13-14(2)27-32-21(13)15-8-9-18(31-3)19(12-15)33(29,30)11-10-20(28)26-17-7-5-4-6-16(17)22(23,24)25/h4-9,12H,10-11H2,1-3H3,(H,26,28). The number of hydrogen-bond donors (Lipinski definition) is 1. The largest absolute Gasteiger partial charge is 0.495 e. The molecular formula is C22H21F3N2O5S. The van der Waals surface area contributed by atoms with Gasteiger partial charge in [-0.2, -0.15) is 13.2 Å². The molecule has 0 radical (unpaired) electrons. The number of methoxy groups -OCH3 is 1. The van der Waals surface area contributed by atoms with Gasteiger partial charge in [0.05, 0.1) is 29.8 Å². The molecule has 0 atom stereocenters. The van der Waals surface area contributed by atoms with Gasteiger partial charge in [-0.1, -0.05) is 17.3 Å². The van der Waals surface area contributed by atoms with Crippen molar-refractivity contribution in [3.8, 4) is 17.1 Å². The minimum Gasteiger partial charge on any atom is -0.495 e. The molecular weight excluding hydrogens is 461 g/mol. The molecule has 0 aliphatic rings. The van der Waals surface area contributed by atoms with Crippen LogP contribution in [-0.2, 0) is 20.8 Å². The minimum absolute atomic E-state index is 0.0652. The van der Waals surface area contributed by atoms with Crippen molar-refractivity contribution in [2.24, 2.45) is 0 Å². The number of para-hydroxylation sites is 1. The zero-order chi connectivity index (χ0) is 24.4. The number of halogens is 3. The Kier molecular flexibility index (Phi) is 6.82. The van der Waals surface area contributed by atoms with E-state index in [2.05, 4.69) is 10.5 Å². The lowest BCUT2D eigenvalue weighted by molar-refractivity contribution is -0.137. The average Bonchev–Trinajstić information content (AvgIpc) is 3.10. The number of aryl methyl sites for hydroxylation is 1. The van der Waals surface area contributed by atoms with Gasteiger partial charge in [0.25, 0.3) is 0 Å². The van der Waals surface area contributed by atoms with E-state index in [9.17, 15) is 26.4 Å². The molecule has 0 unspecified atom stereocenters. The summed E-state index contributed by atoms with van der Waals surface area (Å²) in [5.41, 5.74) is 0.389. The topological polar surface area (TPSA) is 98.5 Å². The number of anilines is 1. The quantitative estimate of drug-likeness (QED) is 0.520. The number of benzene rings is 2. The maximum Gasteiger partial charge on any atom is 0.418 e. The summed E-state index contributed by atoms with van der Waals surface area (Å²) in [4.78, 5) is 12.1. The van der Waals surface area contributed by atoms with E-state index in [1.165, 1.54) is 31.4 Å². The zero-order valence-corrected chi connectivity index (χ0v) is 18.8. The molecule has 1 amide bonds. The van der Waals surface area contributed by atoms with E-state index in [-0.39, 0.29) is 10.6 Å². The Morgan fingerprint density at radius 2 is 1.85 bits per heavy atom. The Labute approximate surface area is 188 Å². The summed E-state index contributed by atoms with van der Waals surface area (Å²) < 4.78 is 75.8. The maximum atomic E-state index is 13.1. The SMILES string of the molecule is COc1ccc(-c2onc(C)c2C)cc1S(=O)(=O)CCC(=O)Nc1ccccc1C(F)(F)F. The van der Waals surface area contributed by atoms with E-state index in [4.69, 9.17) is 9.26 Å². The summed E-state index contributed by atoms with van der Waals surface area (Å²) in [6.45, 7) is 3.53. The van der Waals surface area contributed by atoms with Gasteiger partial charge in [-0.15, -0.1) is 0 Å². The van der Waals surface area contributed by atoms with Crippen LogP contribution < -0.4 is 10.1 Å². The predicted octanol–water partition coefficient (Wildman–Crippen LogP) is 4.79. The van der Waals surface area contributed by atoms with Gasteiger partial charge in [0.15, 0.2) is 15.6 Å². The number of sulfone groups is 1. The van der Waals surface area contributed by atoms with Crippen molar-refractivity contribution in [1.82, 2.24) is 5.16 Å². The van der Waals surface area contributed by atoms with Crippen LogP contribution in [0, 0.1) is 13.8 Å². The molecule has 3 aromatic rings. The number of carbonyl (C=O) groups excluding carboxylic acids is 1. The fourth-order valence-corrected chi connectivity index (χ4v) is 4.57. The highest BCUT2D eigenvalue weighted by molar-refractivity contribution is 7.91. The molecule has 1 heterocycles. The molecule has 1 N–H and O–H groups in total. The van der Waals surface area contributed by atoms with E-state index in [1.807, 2.05) is 0 Å². The van der Waals surface area contributed by atoms with Gasteiger partial charge in [0.1, 0.15) is 10.6 Å². The first kappa shape index (κ1) is 24.3. The monoisotopic (exact) mass is 482 g/mol. The number of rotatable bonds is 7. The van der Waals surface area contributed by atoms with E-state index in [0.717, 1.165) is 17.7 Å². The van der Waals surface area contributed by atoms with Gasteiger partial charge >= 0.3 is 6.18 Å². The van der Waals surface area contributed by atoms with Crippen molar-refractivity contribution in [3.63, 3.8) is 0 Å². The van der Waals surface area contributed by atoms with Crippen LogP contribution in [0.5, 0.6) is 5.75 Å². The Bertz CT molecular complexity index is 1280. The van der Waals surface area contributed by atoms with Crippen LogP contribution in [0.2, 0.25) is 0 Å². The van der Waals surface area contributed by atoms with Crippen LogP contribution >= 0.6 is 0 Å². The van der Waals surface area contributed by atoms with Gasteiger partial charge in [-0.05, 0) is 44.2 Å². The maximum absolute atomic E-state index is 13.1. The molecule has 11 heteroatoms. The molecule has 1 aromatic heterocycles. The van der Waals surface area contributed by atoms with Crippen LogP contribution in [0.1, 0.15) is 23.2 Å². The number of carbonyl (C=O) groups is 1. The van der Waals surface area contributed by atoms with E-state index in [0.29, 0.717) is 17.0 Å². The normalized spacial score (nSPS) is 11.9. The molecule has 0 spiro atoms. The van der Waals surface area contributed by atoms with Crippen LogP contribution in [0.15, 0.2) is 51.9 Å². The van der Waals surface area contributed by atoms with Gasteiger partial charge in [-0.3, -0.25) is 4.79 Å². The number of hydrogen-bond acceptors (Lipinski definition) is 6. The van der Waals surface area contributed by atoms with Crippen molar-refractivity contribution in [2.45, 2.75) is 31.3 Å². The zero-order valence-electron chi connectivity index (χ0n) is 18.0. The van der Waals surface area contributed by atoms with Gasteiger partial charge < -0.3 is 14.6 Å². The third-order valence-electron chi connectivity index (χ3n) is 5.02. The number of nitrogens with one attached hydrogen (secondary N) is 1. The molecule has 0 aliphatic carbocycles. The molecule has 33 heavy (non-hydrogen) atoms. The van der Waals surface area contributed by atoms with Gasteiger partial charge in [0.2, 0.25) is 5.91 Å². The van der Waals surface area contributed by atoms with Crippen molar-refractivity contribution < 1.29 is 35.6 Å². The van der Waals surface area contributed by atoms with Gasteiger partial charge in [-0.25, -0.2) is 8.42 Å². The highest BCUT2D eigenvalue weighted by Gasteiger charge is 2.33. The Balaban J connectivity index is 1.82. The minimum atomic E-state index is -4.67. The second-order valence-corrected chi connectivity index (χ2v) is 9.33. The smallest absolute Gasteiger partial charge is 0.418 e. The Hall–Kier alpha value is -3.34. The summed E-state index contributed by atoms with van der Waals surface area (Å²) >= 11 is 0. The lowest BCUT2D eigenvalue weighted by Crippen LogP contribution is -2.20. The third kappa shape index (κ3) is 5.36. The van der Waals surface area contributed by atoms with Crippen LogP contribution in [0.4, 0.5) is 18.9 Å². The fraction of sp³-hybridized carbons (Fsp3) is 0.273. The average molecular weight is 482 g/mol. The fourth-order valence-electron chi connectivity index (χ4n) is 3.13. The van der Waals surface area contributed by atoms with Crippen molar-refractivity contribution in [1.29, 1.82) is 0 Å². The second-order valence-electron chi connectivity index (χ2n) is 7.25. The summed E-state index contributed by atoms with van der Waals surface area (Å²) in [6, 6.07) is 8.90. The van der Waals surface area contributed by atoms with E-state index >= 15 is 0 Å². The molecule has 0 saturated heterocycles. The first-order valence-electron chi connectivity index (χ1n) is 9.74. The lowest BCUT2D eigenvalue weighted by atomic mass is 10.1. The van der Waals surface area contributed by atoms with Crippen LogP contribution in [0.3, 0.4) is 0 Å². The van der Waals surface area contributed by atoms with Gasteiger partial charge in [0, 0.05) is 17.5 Å². The lowest BCUT2D eigenvalue weighted by Gasteiger charge is -2.14. The number of ether oxygens (including phenoxy) is 1. The molecule has 7 nitrogen and oxygen atoms in total.